The van der Waals surface area contributed by atoms with Crippen LogP contribution < -0.4 is 9.64 Å². The third kappa shape index (κ3) is 4.25. The molecule has 0 unspecified atom stereocenters. The van der Waals surface area contributed by atoms with Gasteiger partial charge < -0.3 is 9.84 Å². The summed E-state index contributed by atoms with van der Waals surface area (Å²) in [6.45, 7) is 2.83. The monoisotopic (exact) mass is 299 g/mol. The predicted molar refractivity (Wildman–Crippen MR) is 87.7 cm³/mol. The van der Waals surface area contributed by atoms with E-state index in [4.69, 9.17) is 4.74 Å². The summed E-state index contributed by atoms with van der Waals surface area (Å²) < 4.78 is 5.53. The van der Waals surface area contributed by atoms with E-state index in [1.54, 1.807) is 12.1 Å². The second kappa shape index (κ2) is 8.08. The number of amides is 1. The van der Waals surface area contributed by atoms with Crippen molar-refractivity contribution in [1.29, 1.82) is 0 Å². The Labute approximate surface area is 131 Å². The molecule has 0 aliphatic rings. The van der Waals surface area contributed by atoms with Crippen molar-refractivity contribution in [3.63, 3.8) is 0 Å². The number of nitrogens with zero attached hydrogens (tertiary/aromatic N) is 1. The van der Waals surface area contributed by atoms with Gasteiger partial charge in [0.25, 0.3) is 0 Å². The van der Waals surface area contributed by atoms with E-state index in [0.717, 1.165) is 12.8 Å². The Balaban J connectivity index is 2.05. The summed E-state index contributed by atoms with van der Waals surface area (Å²) in [4.78, 5) is 12.9. The Morgan fingerprint density at radius 2 is 1.77 bits per heavy atom. The quantitative estimate of drug-likeness (QED) is 0.833. The third-order valence-electron chi connectivity index (χ3n) is 3.38. The van der Waals surface area contributed by atoms with Crippen LogP contribution in [0.15, 0.2) is 54.6 Å². The van der Waals surface area contributed by atoms with Crippen LogP contribution in [-0.2, 0) is 6.42 Å². The van der Waals surface area contributed by atoms with Crippen molar-refractivity contribution >= 4 is 11.8 Å². The first-order valence-corrected chi connectivity index (χ1v) is 7.48. The molecule has 22 heavy (non-hydrogen) atoms. The van der Waals surface area contributed by atoms with Gasteiger partial charge in [-0.25, -0.2) is 4.79 Å². The minimum absolute atomic E-state index is 0.439. The summed E-state index contributed by atoms with van der Waals surface area (Å²) in [6.07, 6.45) is 0.651. The minimum Gasteiger partial charge on any atom is -0.492 e. The highest BCUT2D eigenvalue weighted by Gasteiger charge is 2.17. The average molecular weight is 299 g/mol. The zero-order chi connectivity index (χ0) is 15.8. The van der Waals surface area contributed by atoms with Crippen molar-refractivity contribution in [1.82, 2.24) is 0 Å². The number of carbonyl (C=O) groups is 1. The fourth-order valence-corrected chi connectivity index (χ4v) is 2.36. The SMILES string of the molecule is CCOc1ccccc1N(CCCc1ccccc1)C(=O)O. The standard InChI is InChI=1S/C18H21NO3/c1-2-22-17-13-7-6-12-16(17)19(18(20)21)14-8-11-15-9-4-3-5-10-15/h3-7,9-10,12-13H,2,8,11,14H2,1H3,(H,20,21). The number of hydrogen-bond acceptors (Lipinski definition) is 2. The molecule has 116 valence electrons. The van der Waals surface area contributed by atoms with E-state index in [2.05, 4.69) is 12.1 Å². The molecule has 0 aromatic heterocycles. The van der Waals surface area contributed by atoms with Gasteiger partial charge in [-0.1, -0.05) is 42.5 Å². The van der Waals surface area contributed by atoms with Gasteiger partial charge in [0, 0.05) is 6.54 Å². The lowest BCUT2D eigenvalue weighted by atomic mass is 10.1. The van der Waals surface area contributed by atoms with Gasteiger partial charge in [-0.05, 0) is 37.5 Å². The maximum absolute atomic E-state index is 11.6. The van der Waals surface area contributed by atoms with Crippen LogP contribution in [0.25, 0.3) is 0 Å². The van der Waals surface area contributed by atoms with Crippen molar-refractivity contribution in [2.45, 2.75) is 19.8 Å². The Bertz CT molecular complexity index is 598. The van der Waals surface area contributed by atoms with Crippen LogP contribution in [0.5, 0.6) is 5.75 Å². The zero-order valence-corrected chi connectivity index (χ0v) is 12.7. The normalized spacial score (nSPS) is 10.2. The summed E-state index contributed by atoms with van der Waals surface area (Å²) >= 11 is 0. The van der Waals surface area contributed by atoms with E-state index in [0.29, 0.717) is 24.6 Å². The smallest absolute Gasteiger partial charge is 0.411 e. The molecular weight excluding hydrogens is 278 g/mol. The van der Waals surface area contributed by atoms with Crippen LogP contribution in [-0.4, -0.2) is 24.4 Å². The van der Waals surface area contributed by atoms with E-state index in [1.165, 1.54) is 10.5 Å². The Kier molecular flexibility index (Phi) is 5.83. The highest BCUT2D eigenvalue weighted by atomic mass is 16.5. The van der Waals surface area contributed by atoms with Crippen LogP contribution in [0.4, 0.5) is 10.5 Å². The molecular formula is C18H21NO3. The number of aryl methyl sites for hydroxylation is 1. The summed E-state index contributed by atoms with van der Waals surface area (Å²) in [5.74, 6) is 0.604. The molecule has 0 spiro atoms. The summed E-state index contributed by atoms with van der Waals surface area (Å²) in [7, 11) is 0. The number of anilines is 1. The van der Waals surface area contributed by atoms with Gasteiger partial charge >= 0.3 is 6.09 Å². The molecule has 0 aliphatic carbocycles. The van der Waals surface area contributed by atoms with Gasteiger partial charge in [0.2, 0.25) is 0 Å². The molecule has 1 amide bonds. The lowest BCUT2D eigenvalue weighted by Gasteiger charge is -2.22. The minimum atomic E-state index is -0.958. The van der Waals surface area contributed by atoms with Gasteiger partial charge in [0.05, 0.1) is 12.3 Å². The van der Waals surface area contributed by atoms with Crippen molar-refractivity contribution in [2.24, 2.45) is 0 Å². The number of para-hydroxylation sites is 2. The molecule has 0 radical (unpaired) electrons. The Morgan fingerprint density at radius 1 is 1.09 bits per heavy atom. The molecule has 0 bridgehead atoms. The first-order chi connectivity index (χ1) is 10.7. The number of benzene rings is 2. The maximum atomic E-state index is 11.6. The highest BCUT2D eigenvalue weighted by molar-refractivity contribution is 5.88. The van der Waals surface area contributed by atoms with E-state index in [9.17, 15) is 9.90 Å². The molecule has 2 rings (SSSR count). The molecule has 0 saturated heterocycles. The number of hydrogen-bond donors (Lipinski definition) is 1. The fraction of sp³-hybridized carbons (Fsp3) is 0.278. The second-order valence-corrected chi connectivity index (χ2v) is 4.92. The molecule has 2 aromatic carbocycles. The second-order valence-electron chi connectivity index (χ2n) is 4.92. The highest BCUT2D eigenvalue weighted by Crippen LogP contribution is 2.28. The fourth-order valence-electron chi connectivity index (χ4n) is 2.36. The van der Waals surface area contributed by atoms with Gasteiger partial charge in [0.1, 0.15) is 5.75 Å². The summed E-state index contributed by atoms with van der Waals surface area (Å²) in [5, 5.41) is 9.49. The Morgan fingerprint density at radius 3 is 2.45 bits per heavy atom. The van der Waals surface area contributed by atoms with Gasteiger partial charge in [-0.3, -0.25) is 4.90 Å². The lowest BCUT2D eigenvalue weighted by molar-refractivity contribution is 0.201. The van der Waals surface area contributed by atoms with E-state index >= 15 is 0 Å². The largest absolute Gasteiger partial charge is 0.492 e. The molecule has 4 heteroatoms. The van der Waals surface area contributed by atoms with E-state index in [-0.39, 0.29) is 0 Å². The third-order valence-corrected chi connectivity index (χ3v) is 3.38. The maximum Gasteiger partial charge on any atom is 0.411 e. The molecule has 0 saturated carbocycles. The molecule has 2 aromatic rings. The van der Waals surface area contributed by atoms with Gasteiger partial charge in [-0.2, -0.15) is 0 Å². The van der Waals surface area contributed by atoms with Crippen LogP contribution in [0, 0.1) is 0 Å². The van der Waals surface area contributed by atoms with Gasteiger partial charge in [0.15, 0.2) is 0 Å². The molecule has 1 N–H and O–H groups in total. The molecule has 0 aliphatic heterocycles. The van der Waals surface area contributed by atoms with Crippen molar-refractivity contribution in [2.75, 3.05) is 18.1 Å². The first-order valence-electron chi connectivity index (χ1n) is 7.48. The van der Waals surface area contributed by atoms with Crippen LogP contribution in [0.1, 0.15) is 18.9 Å². The van der Waals surface area contributed by atoms with E-state index < -0.39 is 6.09 Å². The lowest BCUT2D eigenvalue weighted by Crippen LogP contribution is -2.31. The number of rotatable bonds is 7. The van der Waals surface area contributed by atoms with Crippen LogP contribution in [0.3, 0.4) is 0 Å². The average Bonchev–Trinajstić information content (AvgIpc) is 2.53. The topological polar surface area (TPSA) is 49.8 Å². The molecule has 4 nitrogen and oxygen atoms in total. The number of ether oxygens (including phenoxy) is 1. The summed E-state index contributed by atoms with van der Waals surface area (Å²) in [5.41, 5.74) is 1.82. The van der Waals surface area contributed by atoms with E-state index in [1.807, 2.05) is 37.3 Å². The van der Waals surface area contributed by atoms with Crippen molar-refractivity contribution in [3.05, 3.63) is 60.2 Å². The van der Waals surface area contributed by atoms with Crippen molar-refractivity contribution in [3.8, 4) is 5.75 Å². The van der Waals surface area contributed by atoms with Crippen molar-refractivity contribution < 1.29 is 14.6 Å². The predicted octanol–water partition coefficient (Wildman–Crippen LogP) is 4.20. The molecule has 0 fully saturated rings. The van der Waals surface area contributed by atoms with Crippen LogP contribution in [0.2, 0.25) is 0 Å². The van der Waals surface area contributed by atoms with Gasteiger partial charge in [-0.15, -0.1) is 0 Å². The Hall–Kier alpha value is -2.49. The number of carboxylic acid groups (broad SMARTS) is 1. The van der Waals surface area contributed by atoms with Crippen LogP contribution >= 0.6 is 0 Å². The molecule has 0 heterocycles. The zero-order valence-electron chi connectivity index (χ0n) is 12.7. The summed E-state index contributed by atoms with van der Waals surface area (Å²) in [6, 6.07) is 17.3. The first kappa shape index (κ1) is 15.9. The molecule has 0 atom stereocenters.